The first kappa shape index (κ1) is 24.0. The fourth-order valence-corrected chi connectivity index (χ4v) is 4.74. The molecule has 2 bridgehead atoms. The third-order valence-electron chi connectivity index (χ3n) is 6.40. The summed E-state index contributed by atoms with van der Waals surface area (Å²) in [6, 6.07) is 0. The molecule has 1 N–H and O–H groups in total. The molecule has 164 valence electrons. The van der Waals surface area contributed by atoms with Crippen molar-refractivity contribution in [2.75, 3.05) is 6.61 Å². The Morgan fingerprint density at radius 3 is 2.07 bits per heavy atom. The molecule has 5 unspecified atom stereocenters. The SMILES string of the molecule is CCC(C)(I)C(=O)OCCC1CC2CC(CC(O)(C(F)(F)F)C(F)(F)F)C1C2. The summed E-state index contributed by atoms with van der Waals surface area (Å²) in [7, 11) is 0. The van der Waals surface area contributed by atoms with Crippen LogP contribution in [0.3, 0.4) is 0 Å². The predicted octanol–water partition coefficient (Wildman–Crippen LogP) is 5.43. The van der Waals surface area contributed by atoms with Crippen molar-refractivity contribution in [2.24, 2.45) is 23.7 Å². The lowest BCUT2D eigenvalue weighted by Crippen LogP contribution is -2.58. The van der Waals surface area contributed by atoms with Gasteiger partial charge < -0.3 is 9.84 Å². The second kappa shape index (κ2) is 8.11. The van der Waals surface area contributed by atoms with Crippen molar-refractivity contribution < 1.29 is 41.0 Å². The van der Waals surface area contributed by atoms with Crippen molar-refractivity contribution in [1.29, 1.82) is 0 Å². The van der Waals surface area contributed by atoms with E-state index in [9.17, 15) is 36.2 Å². The third kappa shape index (κ3) is 4.73. The summed E-state index contributed by atoms with van der Waals surface area (Å²) in [5.74, 6) is -1.58. The summed E-state index contributed by atoms with van der Waals surface area (Å²) in [5.41, 5.74) is -4.68. The van der Waals surface area contributed by atoms with Crippen molar-refractivity contribution >= 4 is 28.6 Å². The van der Waals surface area contributed by atoms with Crippen LogP contribution in [0.15, 0.2) is 0 Å². The van der Waals surface area contributed by atoms with Crippen LogP contribution < -0.4 is 0 Å². The van der Waals surface area contributed by atoms with E-state index in [1.807, 2.05) is 29.5 Å². The lowest BCUT2D eigenvalue weighted by atomic mass is 9.74. The van der Waals surface area contributed by atoms with Gasteiger partial charge in [0.15, 0.2) is 0 Å². The highest BCUT2D eigenvalue weighted by atomic mass is 127. The molecule has 2 aliphatic rings. The number of esters is 1. The second-order valence-corrected chi connectivity index (χ2v) is 10.7. The minimum Gasteiger partial charge on any atom is -0.465 e. The molecule has 2 saturated carbocycles. The number of ether oxygens (including phenoxy) is 1. The molecule has 5 atom stereocenters. The summed E-state index contributed by atoms with van der Waals surface area (Å²) in [5, 5.41) is 9.50. The number of rotatable bonds is 7. The minimum atomic E-state index is -5.77. The van der Waals surface area contributed by atoms with Crippen LogP contribution in [0.25, 0.3) is 0 Å². The van der Waals surface area contributed by atoms with Gasteiger partial charge in [0.25, 0.3) is 5.60 Å². The summed E-state index contributed by atoms with van der Waals surface area (Å²) in [6.45, 7) is 3.68. The number of fused-ring (bicyclic) bond motifs is 2. The average molecular weight is 530 g/mol. The molecule has 2 aliphatic carbocycles. The smallest absolute Gasteiger partial charge is 0.426 e. The lowest BCUT2D eigenvalue weighted by molar-refractivity contribution is -0.373. The molecule has 0 saturated heterocycles. The standard InChI is InChI=1S/C18H25F6IO3/c1-3-15(2,25)14(26)28-5-4-11-6-10-7-12(13(11)8-10)9-16(27,17(19,20)21)18(22,23)24/h10-13,27H,3-9H2,1-2H3. The van der Waals surface area contributed by atoms with E-state index in [4.69, 9.17) is 4.74 Å². The minimum absolute atomic E-state index is 0.0619. The van der Waals surface area contributed by atoms with Gasteiger partial charge in [-0.2, -0.15) is 26.3 Å². The predicted molar refractivity (Wildman–Crippen MR) is 97.8 cm³/mol. The summed E-state index contributed by atoms with van der Waals surface area (Å²) in [6.07, 6.45) is -10.4. The molecule has 0 aromatic carbocycles. The Hall–Kier alpha value is -0.260. The molecule has 10 heteroatoms. The Morgan fingerprint density at radius 1 is 1.07 bits per heavy atom. The zero-order valence-electron chi connectivity index (χ0n) is 15.7. The Labute approximate surface area is 173 Å². The maximum Gasteiger partial charge on any atom is 0.426 e. The highest BCUT2D eigenvalue weighted by Gasteiger charge is 2.71. The van der Waals surface area contributed by atoms with E-state index >= 15 is 0 Å². The number of hydrogen-bond donors (Lipinski definition) is 1. The Morgan fingerprint density at radius 2 is 1.61 bits per heavy atom. The number of halogens is 7. The van der Waals surface area contributed by atoms with Crippen molar-refractivity contribution in [1.82, 2.24) is 0 Å². The summed E-state index contributed by atoms with van der Waals surface area (Å²) in [4.78, 5) is 12.0. The molecule has 0 spiro atoms. The molecule has 0 aromatic rings. The monoisotopic (exact) mass is 530 g/mol. The lowest BCUT2D eigenvalue weighted by Gasteiger charge is -2.38. The van der Waals surface area contributed by atoms with Crippen LogP contribution in [0.2, 0.25) is 0 Å². The molecule has 0 aromatic heterocycles. The van der Waals surface area contributed by atoms with Gasteiger partial charge in [0.1, 0.15) is 3.42 Å². The van der Waals surface area contributed by atoms with Crippen LogP contribution >= 0.6 is 22.6 Å². The molecule has 2 fully saturated rings. The third-order valence-corrected chi connectivity index (χ3v) is 7.60. The molecule has 0 radical (unpaired) electrons. The number of carbonyl (C=O) groups excluding carboxylic acids is 1. The molecule has 28 heavy (non-hydrogen) atoms. The van der Waals surface area contributed by atoms with Gasteiger partial charge in [-0.1, -0.05) is 29.5 Å². The second-order valence-electron chi connectivity index (χ2n) is 8.29. The highest BCUT2D eigenvalue weighted by Crippen LogP contribution is 2.58. The largest absolute Gasteiger partial charge is 0.465 e. The summed E-state index contributed by atoms with van der Waals surface area (Å²) >= 11 is 1.99. The van der Waals surface area contributed by atoms with E-state index in [2.05, 4.69) is 0 Å². The molecular formula is C18H25F6IO3. The first-order valence-electron chi connectivity index (χ1n) is 9.34. The van der Waals surface area contributed by atoms with E-state index in [0.717, 1.165) is 0 Å². The fraction of sp³-hybridized carbons (Fsp3) is 0.944. The van der Waals surface area contributed by atoms with Crippen LogP contribution in [0, 0.1) is 23.7 Å². The van der Waals surface area contributed by atoms with Crippen molar-refractivity contribution in [3.63, 3.8) is 0 Å². The number of alkyl halides is 7. The van der Waals surface area contributed by atoms with Gasteiger partial charge in [0, 0.05) is 0 Å². The first-order valence-corrected chi connectivity index (χ1v) is 10.4. The summed E-state index contributed by atoms with van der Waals surface area (Å²) < 4.78 is 82.6. The molecule has 3 nitrogen and oxygen atoms in total. The molecule has 2 rings (SSSR count). The average Bonchev–Trinajstić information content (AvgIpc) is 3.12. The van der Waals surface area contributed by atoms with Gasteiger partial charge in [0.2, 0.25) is 0 Å². The van der Waals surface area contributed by atoms with Crippen LogP contribution in [-0.4, -0.2) is 39.1 Å². The van der Waals surface area contributed by atoms with Crippen molar-refractivity contribution in [3.8, 4) is 0 Å². The Kier molecular flexibility index (Phi) is 6.96. The van der Waals surface area contributed by atoms with E-state index in [-0.39, 0.29) is 36.8 Å². The maximum absolute atomic E-state index is 13.0. The quantitative estimate of drug-likeness (QED) is 0.207. The Balaban J connectivity index is 1.99. The van der Waals surface area contributed by atoms with E-state index in [1.165, 1.54) is 0 Å². The van der Waals surface area contributed by atoms with Crippen LogP contribution in [-0.2, 0) is 9.53 Å². The van der Waals surface area contributed by atoms with Gasteiger partial charge in [-0.05, 0) is 69.1 Å². The molecule has 0 amide bonds. The molecular weight excluding hydrogens is 505 g/mol. The normalized spacial score (nSPS) is 30.4. The number of carbonyl (C=O) groups is 1. The topological polar surface area (TPSA) is 46.5 Å². The van der Waals surface area contributed by atoms with Gasteiger partial charge in [0.05, 0.1) is 6.61 Å². The van der Waals surface area contributed by atoms with E-state index < -0.39 is 33.7 Å². The van der Waals surface area contributed by atoms with Crippen LogP contribution in [0.1, 0.15) is 52.4 Å². The van der Waals surface area contributed by atoms with Gasteiger partial charge in [-0.25, -0.2) is 0 Å². The van der Waals surface area contributed by atoms with Gasteiger partial charge >= 0.3 is 18.3 Å². The van der Waals surface area contributed by atoms with Crippen molar-refractivity contribution in [3.05, 3.63) is 0 Å². The van der Waals surface area contributed by atoms with Crippen molar-refractivity contribution in [2.45, 2.75) is 73.7 Å². The van der Waals surface area contributed by atoms with E-state index in [1.54, 1.807) is 6.92 Å². The Bertz CT molecular complexity index is 561. The highest BCUT2D eigenvalue weighted by molar-refractivity contribution is 14.1. The van der Waals surface area contributed by atoms with Gasteiger partial charge in [-0.3, -0.25) is 4.79 Å². The van der Waals surface area contributed by atoms with Crippen LogP contribution in [0.5, 0.6) is 0 Å². The number of hydrogen-bond acceptors (Lipinski definition) is 3. The van der Waals surface area contributed by atoms with Crippen LogP contribution in [0.4, 0.5) is 26.3 Å². The van der Waals surface area contributed by atoms with Gasteiger partial charge in [-0.15, -0.1) is 0 Å². The fourth-order valence-electron chi connectivity index (χ4n) is 4.59. The number of aliphatic hydroxyl groups is 1. The zero-order valence-corrected chi connectivity index (χ0v) is 17.8. The maximum atomic E-state index is 13.0. The van der Waals surface area contributed by atoms with E-state index in [0.29, 0.717) is 25.7 Å². The molecule has 0 aliphatic heterocycles. The molecule has 0 heterocycles. The zero-order chi connectivity index (χ0) is 21.5. The first-order chi connectivity index (χ1) is 12.6.